The molecule has 2 aliphatic rings. The number of piperidine rings is 1. The molecule has 1 fully saturated rings. The van der Waals surface area contributed by atoms with E-state index in [1.165, 1.54) is 5.56 Å². The molecule has 0 bridgehead atoms. The molecule has 1 unspecified atom stereocenters. The van der Waals surface area contributed by atoms with E-state index in [4.69, 9.17) is 4.98 Å². The van der Waals surface area contributed by atoms with Crippen LogP contribution in [-0.2, 0) is 24.1 Å². The Kier molecular flexibility index (Phi) is 8.31. The SMILES string of the molecule is O=C(NCCCc1ccc2c(n1)NCCC2)C1CCN(C(Cc2ccccc2)C(O)O)CC1. The predicted molar refractivity (Wildman–Crippen MR) is 129 cm³/mol. The second-order valence-corrected chi connectivity index (χ2v) is 9.22. The quantitative estimate of drug-likeness (QED) is 0.344. The van der Waals surface area contributed by atoms with Gasteiger partial charge in [0, 0.05) is 24.7 Å². The first kappa shape index (κ1) is 23.7. The molecule has 4 N–H and O–H groups in total. The van der Waals surface area contributed by atoms with Gasteiger partial charge in [0.25, 0.3) is 0 Å². The Hall–Kier alpha value is -2.48. The van der Waals surface area contributed by atoms with Crippen LogP contribution in [0.1, 0.15) is 42.5 Å². The van der Waals surface area contributed by atoms with Gasteiger partial charge in [-0.1, -0.05) is 36.4 Å². The molecule has 1 aromatic heterocycles. The molecule has 0 saturated carbocycles. The van der Waals surface area contributed by atoms with Crippen LogP contribution in [0.3, 0.4) is 0 Å². The Balaban J connectivity index is 1.18. The maximum absolute atomic E-state index is 12.6. The Morgan fingerprint density at radius 3 is 2.70 bits per heavy atom. The monoisotopic (exact) mass is 452 g/mol. The van der Waals surface area contributed by atoms with Gasteiger partial charge >= 0.3 is 0 Å². The molecule has 1 atom stereocenters. The van der Waals surface area contributed by atoms with Gasteiger partial charge in [0.05, 0.1) is 6.04 Å². The second-order valence-electron chi connectivity index (χ2n) is 9.22. The van der Waals surface area contributed by atoms with Gasteiger partial charge in [0.2, 0.25) is 5.91 Å². The van der Waals surface area contributed by atoms with E-state index in [1.807, 2.05) is 30.3 Å². The maximum atomic E-state index is 12.6. The molecule has 0 aliphatic carbocycles. The number of amides is 1. The van der Waals surface area contributed by atoms with Crippen molar-refractivity contribution < 1.29 is 15.0 Å². The van der Waals surface area contributed by atoms with Gasteiger partial charge in [0.1, 0.15) is 5.82 Å². The molecule has 0 radical (unpaired) electrons. The average Bonchev–Trinajstić information content (AvgIpc) is 2.85. The van der Waals surface area contributed by atoms with Crippen molar-refractivity contribution in [1.82, 2.24) is 15.2 Å². The topological polar surface area (TPSA) is 97.7 Å². The third kappa shape index (κ3) is 6.53. The van der Waals surface area contributed by atoms with Crippen molar-refractivity contribution in [1.29, 1.82) is 0 Å². The number of aliphatic hydroxyl groups is 2. The first-order valence-electron chi connectivity index (χ1n) is 12.2. The van der Waals surface area contributed by atoms with E-state index >= 15 is 0 Å². The van der Waals surface area contributed by atoms with Crippen molar-refractivity contribution >= 4 is 11.7 Å². The number of anilines is 1. The largest absolute Gasteiger partial charge is 0.370 e. The number of likely N-dealkylation sites (tertiary alicyclic amines) is 1. The molecule has 4 rings (SSSR count). The molecule has 7 nitrogen and oxygen atoms in total. The lowest BCUT2D eigenvalue weighted by molar-refractivity contribution is -0.129. The fraction of sp³-hybridized carbons (Fsp3) is 0.538. The van der Waals surface area contributed by atoms with E-state index in [2.05, 4.69) is 27.7 Å². The third-order valence-corrected chi connectivity index (χ3v) is 6.86. The van der Waals surface area contributed by atoms with Crippen molar-refractivity contribution in [2.75, 3.05) is 31.5 Å². The van der Waals surface area contributed by atoms with Gasteiger partial charge < -0.3 is 20.8 Å². The molecular weight excluding hydrogens is 416 g/mol. The summed E-state index contributed by atoms with van der Waals surface area (Å²) < 4.78 is 0. The molecule has 3 heterocycles. The molecule has 2 aliphatic heterocycles. The summed E-state index contributed by atoms with van der Waals surface area (Å²) in [6, 6.07) is 13.8. The number of pyridine rings is 1. The number of nitrogens with zero attached hydrogens (tertiary/aromatic N) is 2. The van der Waals surface area contributed by atoms with Crippen molar-refractivity contribution in [3.8, 4) is 0 Å². The Bertz CT molecular complexity index is 898. The number of aryl methyl sites for hydroxylation is 2. The fourth-order valence-corrected chi connectivity index (χ4v) is 4.91. The lowest BCUT2D eigenvalue weighted by Gasteiger charge is -2.38. The van der Waals surface area contributed by atoms with Gasteiger partial charge in [0.15, 0.2) is 6.29 Å². The van der Waals surface area contributed by atoms with Gasteiger partial charge in [-0.2, -0.15) is 0 Å². The summed E-state index contributed by atoms with van der Waals surface area (Å²) in [6.07, 6.45) is 4.63. The van der Waals surface area contributed by atoms with Crippen molar-refractivity contribution in [2.24, 2.45) is 5.92 Å². The zero-order valence-corrected chi connectivity index (χ0v) is 19.2. The van der Waals surface area contributed by atoms with Gasteiger partial charge in [-0.25, -0.2) is 4.98 Å². The molecule has 7 heteroatoms. The standard InChI is InChI=1S/C26H36N4O3/c31-25(28-15-5-9-22-11-10-20-8-4-14-27-24(20)29-22)21-12-16-30(17-13-21)23(26(32)33)18-19-6-2-1-3-7-19/h1-3,6-7,10-11,21,23,26,32-33H,4-5,8-9,12-18H2,(H,27,29)(H,28,31). The summed E-state index contributed by atoms with van der Waals surface area (Å²) in [5, 5.41) is 26.3. The van der Waals surface area contributed by atoms with Gasteiger partial charge in [-0.3, -0.25) is 9.69 Å². The third-order valence-electron chi connectivity index (χ3n) is 6.86. The van der Waals surface area contributed by atoms with Crippen LogP contribution >= 0.6 is 0 Å². The predicted octanol–water partition coefficient (Wildman–Crippen LogP) is 2.12. The average molecular weight is 453 g/mol. The molecule has 1 saturated heterocycles. The normalized spacial score (nSPS) is 17.9. The summed E-state index contributed by atoms with van der Waals surface area (Å²) in [7, 11) is 0. The van der Waals surface area contributed by atoms with Crippen LogP contribution in [0.25, 0.3) is 0 Å². The highest BCUT2D eigenvalue weighted by molar-refractivity contribution is 5.78. The van der Waals surface area contributed by atoms with Crippen LogP contribution < -0.4 is 10.6 Å². The zero-order chi connectivity index (χ0) is 23.0. The molecule has 0 spiro atoms. The lowest BCUT2D eigenvalue weighted by atomic mass is 9.93. The number of hydrogen-bond donors (Lipinski definition) is 4. The molecular formula is C26H36N4O3. The Morgan fingerprint density at radius 2 is 1.94 bits per heavy atom. The van der Waals surface area contributed by atoms with E-state index in [1.54, 1.807) is 0 Å². The highest BCUT2D eigenvalue weighted by Crippen LogP contribution is 2.23. The smallest absolute Gasteiger partial charge is 0.223 e. The van der Waals surface area contributed by atoms with E-state index < -0.39 is 6.29 Å². The molecule has 33 heavy (non-hydrogen) atoms. The minimum absolute atomic E-state index is 0.0134. The number of aromatic nitrogens is 1. The van der Waals surface area contributed by atoms with Gasteiger partial charge in [-0.05, 0) is 75.2 Å². The van der Waals surface area contributed by atoms with Crippen LogP contribution in [0.2, 0.25) is 0 Å². The van der Waals surface area contributed by atoms with E-state index in [0.717, 1.165) is 62.1 Å². The van der Waals surface area contributed by atoms with Crippen LogP contribution in [0.4, 0.5) is 5.82 Å². The number of aliphatic hydroxyl groups excluding tert-OH is 1. The summed E-state index contributed by atoms with van der Waals surface area (Å²) in [4.78, 5) is 19.5. The Morgan fingerprint density at radius 1 is 1.15 bits per heavy atom. The molecule has 1 amide bonds. The summed E-state index contributed by atoms with van der Waals surface area (Å²) in [6.45, 7) is 3.03. The minimum atomic E-state index is -1.40. The summed E-state index contributed by atoms with van der Waals surface area (Å²) in [5.74, 6) is 1.12. The first-order valence-corrected chi connectivity index (χ1v) is 12.2. The van der Waals surface area contributed by atoms with Crippen molar-refractivity contribution in [2.45, 2.75) is 57.3 Å². The van der Waals surface area contributed by atoms with E-state index in [9.17, 15) is 15.0 Å². The van der Waals surface area contributed by atoms with Crippen molar-refractivity contribution in [3.05, 3.63) is 59.3 Å². The van der Waals surface area contributed by atoms with E-state index in [-0.39, 0.29) is 17.9 Å². The number of nitrogens with one attached hydrogen (secondary N) is 2. The number of benzene rings is 1. The zero-order valence-electron chi connectivity index (χ0n) is 19.2. The number of fused-ring (bicyclic) bond motifs is 1. The van der Waals surface area contributed by atoms with E-state index in [0.29, 0.717) is 26.1 Å². The first-order chi connectivity index (χ1) is 16.1. The Labute approximate surface area is 196 Å². The highest BCUT2D eigenvalue weighted by Gasteiger charge is 2.31. The summed E-state index contributed by atoms with van der Waals surface area (Å²) >= 11 is 0. The number of hydrogen-bond acceptors (Lipinski definition) is 6. The van der Waals surface area contributed by atoms with Crippen LogP contribution in [-0.4, -0.2) is 64.5 Å². The molecule has 2 aromatic rings. The van der Waals surface area contributed by atoms with Crippen LogP contribution in [0.15, 0.2) is 42.5 Å². The highest BCUT2D eigenvalue weighted by atomic mass is 16.5. The number of rotatable bonds is 9. The van der Waals surface area contributed by atoms with Crippen molar-refractivity contribution in [3.63, 3.8) is 0 Å². The van der Waals surface area contributed by atoms with Crippen LogP contribution in [0.5, 0.6) is 0 Å². The summed E-state index contributed by atoms with van der Waals surface area (Å²) in [5.41, 5.74) is 3.45. The molecule has 178 valence electrons. The van der Waals surface area contributed by atoms with Gasteiger partial charge in [-0.15, -0.1) is 0 Å². The molecule has 1 aromatic carbocycles. The number of carbonyl (C=O) groups is 1. The second kappa shape index (κ2) is 11.6. The van der Waals surface area contributed by atoms with Crippen LogP contribution in [0, 0.1) is 5.92 Å². The minimum Gasteiger partial charge on any atom is -0.370 e. The fourth-order valence-electron chi connectivity index (χ4n) is 4.91. The lowest BCUT2D eigenvalue weighted by Crippen LogP contribution is -2.50. The number of carbonyl (C=O) groups excluding carboxylic acids is 1. The maximum Gasteiger partial charge on any atom is 0.223 e.